The van der Waals surface area contributed by atoms with Gasteiger partial charge < -0.3 is 15.5 Å². The Bertz CT molecular complexity index is 261. The van der Waals surface area contributed by atoms with E-state index in [2.05, 4.69) is 23.9 Å². The van der Waals surface area contributed by atoms with Gasteiger partial charge in [-0.1, -0.05) is 19.3 Å². The van der Waals surface area contributed by atoms with E-state index in [1.54, 1.807) is 0 Å². The van der Waals surface area contributed by atoms with Crippen LogP contribution in [0.2, 0.25) is 0 Å². The van der Waals surface area contributed by atoms with Gasteiger partial charge in [-0.15, -0.1) is 0 Å². The first-order valence-corrected chi connectivity index (χ1v) is 8.24. The highest BCUT2D eigenvalue weighted by Crippen LogP contribution is 2.38. The summed E-state index contributed by atoms with van der Waals surface area (Å²) in [5, 5.41) is 0. The van der Waals surface area contributed by atoms with Crippen LogP contribution in [0.4, 0.5) is 0 Å². The summed E-state index contributed by atoms with van der Waals surface area (Å²) in [4.78, 5) is 5.08. The first-order valence-electron chi connectivity index (χ1n) is 8.24. The minimum absolute atomic E-state index is 0.465. The Morgan fingerprint density at radius 3 is 2.58 bits per heavy atom. The Balaban J connectivity index is 1.79. The molecule has 0 spiro atoms. The summed E-state index contributed by atoms with van der Waals surface area (Å²) in [6.45, 7) is 4.64. The third kappa shape index (κ3) is 4.17. The molecule has 3 heteroatoms. The first kappa shape index (κ1) is 15.3. The molecule has 2 fully saturated rings. The molecule has 1 aliphatic heterocycles. The Labute approximate surface area is 119 Å². The standard InChI is InChI=1S/C16H33N3/c1-18-11-6-7-15(13-18)19(2)12-10-16(14-17)8-4-3-5-9-16/h15H,3-14,17H2,1-2H3. The summed E-state index contributed by atoms with van der Waals surface area (Å²) < 4.78 is 0. The molecule has 1 saturated carbocycles. The van der Waals surface area contributed by atoms with Crippen molar-refractivity contribution in [2.24, 2.45) is 11.1 Å². The normalized spacial score (nSPS) is 28.7. The van der Waals surface area contributed by atoms with Crippen LogP contribution in [-0.4, -0.2) is 56.1 Å². The average molecular weight is 267 g/mol. The molecular formula is C16H33N3. The third-order valence-electron chi connectivity index (χ3n) is 5.57. The van der Waals surface area contributed by atoms with Crippen molar-refractivity contribution in [3.05, 3.63) is 0 Å². The van der Waals surface area contributed by atoms with Gasteiger partial charge in [0.1, 0.15) is 0 Å². The summed E-state index contributed by atoms with van der Waals surface area (Å²) in [5.41, 5.74) is 6.56. The van der Waals surface area contributed by atoms with Crippen molar-refractivity contribution < 1.29 is 0 Å². The van der Waals surface area contributed by atoms with Gasteiger partial charge in [0.15, 0.2) is 0 Å². The third-order valence-corrected chi connectivity index (χ3v) is 5.57. The van der Waals surface area contributed by atoms with E-state index in [0.717, 1.165) is 12.6 Å². The highest BCUT2D eigenvalue weighted by molar-refractivity contribution is 4.86. The highest BCUT2D eigenvalue weighted by Gasteiger charge is 2.31. The van der Waals surface area contributed by atoms with Crippen molar-refractivity contribution in [1.29, 1.82) is 0 Å². The molecule has 0 bridgehead atoms. The van der Waals surface area contributed by atoms with Crippen LogP contribution in [0.15, 0.2) is 0 Å². The molecule has 1 aliphatic carbocycles. The summed E-state index contributed by atoms with van der Waals surface area (Å²) in [5.74, 6) is 0. The van der Waals surface area contributed by atoms with E-state index in [1.165, 1.54) is 71.0 Å². The fraction of sp³-hybridized carbons (Fsp3) is 1.00. The number of likely N-dealkylation sites (N-methyl/N-ethyl adjacent to an activating group) is 2. The Morgan fingerprint density at radius 1 is 1.21 bits per heavy atom. The van der Waals surface area contributed by atoms with Crippen molar-refractivity contribution in [3.63, 3.8) is 0 Å². The average Bonchev–Trinajstić information content (AvgIpc) is 2.46. The molecule has 0 radical (unpaired) electrons. The van der Waals surface area contributed by atoms with Crippen molar-refractivity contribution in [3.8, 4) is 0 Å². The van der Waals surface area contributed by atoms with Crippen molar-refractivity contribution in [2.45, 2.75) is 57.4 Å². The van der Waals surface area contributed by atoms with Gasteiger partial charge in [0.2, 0.25) is 0 Å². The summed E-state index contributed by atoms with van der Waals surface area (Å²) >= 11 is 0. The maximum absolute atomic E-state index is 6.10. The monoisotopic (exact) mass is 267 g/mol. The second kappa shape index (κ2) is 7.05. The highest BCUT2D eigenvalue weighted by atomic mass is 15.2. The van der Waals surface area contributed by atoms with E-state index in [4.69, 9.17) is 5.73 Å². The van der Waals surface area contributed by atoms with E-state index in [9.17, 15) is 0 Å². The number of nitrogens with zero attached hydrogens (tertiary/aromatic N) is 2. The quantitative estimate of drug-likeness (QED) is 0.830. The lowest BCUT2D eigenvalue weighted by atomic mass is 9.72. The molecule has 19 heavy (non-hydrogen) atoms. The van der Waals surface area contributed by atoms with Crippen molar-refractivity contribution >= 4 is 0 Å². The molecule has 0 aromatic carbocycles. The van der Waals surface area contributed by atoms with Gasteiger partial charge in [0.05, 0.1) is 0 Å². The zero-order valence-corrected chi connectivity index (χ0v) is 13.0. The zero-order chi connectivity index (χ0) is 13.7. The largest absolute Gasteiger partial charge is 0.330 e. The molecular weight excluding hydrogens is 234 g/mol. The fourth-order valence-corrected chi connectivity index (χ4v) is 3.95. The van der Waals surface area contributed by atoms with Crippen LogP contribution in [0.25, 0.3) is 0 Å². The molecule has 0 amide bonds. The van der Waals surface area contributed by atoms with Crippen LogP contribution in [0.5, 0.6) is 0 Å². The van der Waals surface area contributed by atoms with Gasteiger partial charge in [-0.05, 0) is 71.2 Å². The van der Waals surface area contributed by atoms with Crippen LogP contribution in [0.3, 0.4) is 0 Å². The number of piperidine rings is 1. The van der Waals surface area contributed by atoms with E-state index in [0.29, 0.717) is 5.41 Å². The van der Waals surface area contributed by atoms with Crippen LogP contribution < -0.4 is 5.73 Å². The number of hydrogen-bond acceptors (Lipinski definition) is 3. The molecule has 2 rings (SSSR count). The lowest BCUT2D eigenvalue weighted by Gasteiger charge is -2.40. The van der Waals surface area contributed by atoms with Gasteiger partial charge >= 0.3 is 0 Å². The van der Waals surface area contributed by atoms with Crippen molar-refractivity contribution in [2.75, 3.05) is 40.3 Å². The maximum Gasteiger partial charge on any atom is 0.0220 e. The second-order valence-electron chi connectivity index (χ2n) is 7.05. The number of likely N-dealkylation sites (tertiary alicyclic amines) is 1. The first-order chi connectivity index (χ1) is 9.15. The molecule has 1 atom stereocenters. The summed E-state index contributed by atoms with van der Waals surface area (Å²) in [7, 11) is 4.57. The Hall–Kier alpha value is -0.120. The molecule has 112 valence electrons. The summed E-state index contributed by atoms with van der Waals surface area (Å²) in [6.07, 6.45) is 11.0. The van der Waals surface area contributed by atoms with Crippen LogP contribution >= 0.6 is 0 Å². The van der Waals surface area contributed by atoms with Gasteiger partial charge in [0.25, 0.3) is 0 Å². The second-order valence-corrected chi connectivity index (χ2v) is 7.05. The van der Waals surface area contributed by atoms with Gasteiger partial charge in [-0.3, -0.25) is 0 Å². The molecule has 2 N–H and O–H groups in total. The molecule has 1 heterocycles. The van der Waals surface area contributed by atoms with E-state index in [-0.39, 0.29) is 0 Å². The smallest absolute Gasteiger partial charge is 0.0220 e. The number of rotatable bonds is 5. The van der Waals surface area contributed by atoms with Crippen LogP contribution in [-0.2, 0) is 0 Å². The Morgan fingerprint density at radius 2 is 1.95 bits per heavy atom. The van der Waals surface area contributed by atoms with Gasteiger partial charge in [0, 0.05) is 12.6 Å². The number of hydrogen-bond donors (Lipinski definition) is 1. The van der Waals surface area contributed by atoms with Gasteiger partial charge in [-0.25, -0.2) is 0 Å². The lowest BCUT2D eigenvalue weighted by Crippen LogP contribution is -2.46. The molecule has 0 aromatic heterocycles. The van der Waals surface area contributed by atoms with E-state index < -0.39 is 0 Å². The van der Waals surface area contributed by atoms with E-state index in [1.807, 2.05) is 0 Å². The Kier molecular flexibility index (Phi) is 5.67. The molecule has 2 aliphatic rings. The predicted molar refractivity (Wildman–Crippen MR) is 82.3 cm³/mol. The summed E-state index contributed by atoms with van der Waals surface area (Å²) in [6, 6.07) is 0.761. The SMILES string of the molecule is CN1CCCC(N(C)CCC2(CN)CCCCC2)C1. The molecule has 1 saturated heterocycles. The van der Waals surface area contributed by atoms with Crippen LogP contribution in [0, 0.1) is 5.41 Å². The topological polar surface area (TPSA) is 32.5 Å². The minimum atomic E-state index is 0.465. The maximum atomic E-state index is 6.10. The molecule has 1 unspecified atom stereocenters. The minimum Gasteiger partial charge on any atom is -0.330 e. The zero-order valence-electron chi connectivity index (χ0n) is 13.0. The molecule has 3 nitrogen and oxygen atoms in total. The lowest BCUT2D eigenvalue weighted by molar-refractivity contribution is 0.103. The molecule has 0 aromatic rings. The number of nitrogens with two attached hydrogens (primary N) is 1. The van der Waals surface area contributed by atoms with Crippen LogP contribution in [0.1, 0.15) is 51.4 Å². The van der Waals surface area contributed by atoms with Gasteiger partial charge in [-0.2, -0.15) is 0 Å². The fourth-order valence-electron chi connectivity index (χ4n) is 3.95. The predicted octanol–water partition coefficient (Wildman–Crippen LogP) is 2.31. The van der Waals surface area contributed by atoms with Crippen molar-refractivity contribution in [1.82, 2.24) is 9.80 Å². The van der Waals surface area contributed by atoms with E-state index >= 15 is 0 Å².